The zero-order valence-corrected chi connectivity index (χ0v) is 19.5. The number of carbonyl (C=O) groups is 1. The van der Waals surface area contributed by atoms with Crippen LogP contribution in [0.25, 0.3) is 11.4 Å². The highest BCUT2D eigenvalue weighted by Gasteiger charge is 2.21. The Bertz CT molecular complexity index is 1020. The standard InChI is InChI=1S/C22H29N5O3S/c1-15-12-19(17(3)27(15)16(2)13-30-5)20(28)14-31-22-25-24-21(26(22)10-11-29-4)18-6-8-23-9-7-18/h6-9,12,16H,10-11,13-14H2,1-5H3. The maximum absolute atomic E-state index is 13.0. The Morgan fingerprint density at radius 3 is 2.58 bits per heavy atom. The topological polar surface area (TPSA) is 84.1 Å². The highest BCUT2D eigenvalue weighted by atomic mass is 32.2. The number of carbonyl (C=O) groups excluding carboxylic acids is 1. The Morgan fingerprint density at radius 1 is 1.16 bits per heavy atom. The Kier molecular flexibility index (Phi) is 8.00. The van der Waals surface area contributed by atoms with Crippen molar-refractivity contribution in [3.63, 3.8) is 0 Å². The summed E-state index contributed by atoms with van der Waals surface area (Å²) in [6.07, 6.45) is 3.45. The second-order valence-electron chi connectivity index (χ2n) is 7.36. The van der Waals surface area contributed by atoms with Crippen LogP contribution in [0.4, 0.5) is 0 Å². The van der Waals surface area contributed by atoms with E-state index in [0.29, 0.717) is 24.9 Å². The van der Waals surface area contributed by atoms with Gasteiger partial charge in [-0.25, -0.2) is 0 Å². The fourth-order valence-electron chi connectivity index (χ4n) is 3.76. The van der Waals surface area contributed by atoms with E-state index in [1.54, 1.807) is 26.6 Å². The Hall–Kier alpha value is -2.49. The van der Waals surface area contributed by atoms with Crippen LogP contribution in [-0.2, 0) is 16.0 Å². The number of aromatic nitrogens is 5. The third-order valence-corrected chi connectivity index (χ3v) is 6.11. The Morgan fingerprint density at radius 2 is 1.90 bits per heavy atom. The minimum absolute atomic E-state index is 0.0701. The number of ketones is 1. The van der Waals surface area contributed by atoms with Gasteiger partial charge in [-0.1, -0.05) is 11.8 Å². The molecule has 0 saturated carbocycles. The molecule has 0 aliphatic rings. The van der Waals surface area contributed by atoms with Gasteiger partial charge in [-0.05, 0) is 39.0 Å². The molecule has 3 aromatic rings. The summed E-state index contributed by atoms with van der Waals surface area (Å²) in [7, 11) is 3.35. The summed E-state index contributed by atoms with van der Waals surface area (Å²) in [5, 5.41) is 9.38. The molecule has 0 aromatic carbocycles. The van der Waals surface area contributed by atoms with Crippen molar-refractivity contribution in [1.82, 2.24) is 24.3 Å². The number of nitrogens with zero attached hydrogens (tertiary/aromatic N) is 5. The van der Waals surface area contributed by atoms with Crippen molar-refractivity contribution >= 4 is 17.5 Å². The van der Waals surface area contributed by atoms with Crippen LogP contribution in [0.1, 0.15) is 34.7 Å². The second kappa shape index (κ2) is 10.7. The number of hydrogen-bond donors (Lipinski definition) is 0. The lowest BCUT2D eigenvalue weighted by atomic mass is 10.2. The fourth-order valence-corrected chi connectivity index (χ4v) is 4.60. The number of Topliss-reactive ketones (excluding diaryl/α,β-unsaturated/α-hetero) is 1. The summed E-state index contributed by atoms with van der Waals surface area (Å²) in [5.41, 5.74) is 3.68. The van der Waals surface area contributed by atoms with Gasteiger partial charge >= 0.3 is 0 Å². The molecule has 8 nitrogen and oxygen atoms in total. The molecule has 166 valence electrons. The van der Waals surface area contributed by atoms with E-state index < -0.39 is 0 Å². The molecule has 31 heavy (non-hydrogen) atoms. The van der Waals surface area contributed by atoms with E-state index >= 15 is 0 Å². The van der Waals surface area contributed by atoms with Gasteiger partial charge in [0.1, 0.15) is 0 Å². The van der Waals surface area contributed by atoms with E-state index in [1.165, 1.54) is 11.8 Å². The minimum Gasteiger partial charge on any atom is -0.383 e. The molecule has 1 atom stereocenters. The van der Waals surface area contributed by atoms with Gasteiger partial charge in [-0.2, -0.15) is 0 Å². The summed E-state index contributed by atoms with van der Waals surface area (Å²) in [4.78, 5) is 17.1. The number of pyridine rings is 1. The molecule has 0 aliphatic heterocycles. The van der Waals surface area contributed by atoms with Gasteiger partial charge in [0.15, 0.2) is 16.8 Å². The zero-order valence-electron chi connectivity index (χ0n) is 18.7. The lowest BCUT2D eigenvalue weighted by molar-refractivity contribution is 0.102. The van der Waals surface area contributed by atoms with Crippen molar-refractivity contribution in [2.45, 2.75) is 38.5 Å². The van der Waals surface area contributed by atoms with Crippen LogP contribution in [0, 0.1) is 13.8 Å². The highest BCUT2D eigenvalue weighted by molar-refractivity contribution is 7.99. The highest BCUT2D eigenvalue weighted by Crippen LogP contribution is 2.26. The lowest BCUT2D eigenvalue weighted by Gasteiger charge is -2.17. The molecular formula is C22H29N5O3S. The van der Waals surface area contributed by atoms with Gasteiger partial charge in [-0.15, -0.1) is 10.2 Å². The van der Waals surface area contributed by atoms with Crippen LogP contribution in [0.3, 0.4) is 0 Å². The summed E-state index contributed by atoms with van der Waals surface area (Å²) < 4.78 is 14.7. The largest absolute Gasteiger partial charge is 0.383 e. The van der Waals surface area contributed by atoms with Crippen LogP contribution in [0.15, 0.2) is 35.7 Å². The predicted molar refractivity (Wildman–Crippen MR) is 121 cm³/mol. The molecule has 3 rings (SSSR count). The molecule has 0 saturated heterocycles. The molecule has 0 N–H and O–H groups in total. The molecule has 9 heteroatoms. The average Bonchev–Trinajstić information content (AvgIpc) is 3.31. The summed E-state index contributed by atoms with van der Waals surface area (Å²) in [6, 6.07) is 5.91. The Labute approximate surface area is 187 Å². The normalized spacial score (nSPS) is 12.3. The SMILES string of the molecule is COCCn1c(SCC(=O)c2cc(C)n(C(C)COC)c2C)nnc1-c1ccncc1. The van der Waals surface area contributed by atoms with Crippen molar-refractivity contribution in [2.24, 2.45) is 0 Å². The third kappa shape index (κ3) is 5.23. The molecule has 0 radical (unpaired) electrons. The van der Waals surface area contributed by atoms with Crippen molar-refractivity contribution in [2.75, 3.05) is 33.2 Å². The predicted octanol–water partition coefficient (Wildman–Crippen LogP) is 3.59. The van der Waals surface area contributed by atoms with Crippen LogP contribution in [0.5, 0.6) is 0 Å². The van der Waals surface area contributed by atoms with Gasteiger partial charge in [-0.3, -0.25) is 14.3 Å². The number of hydrogen-bond acceptors (Lipinski definition) is 7. The maximum atomic E-state index is 13.0. The first-order valence-corrected chi connectivity index (χ1v) is 11.1. The molecular weight excluding hydrogens is 414 g/mol. The lowest BCUT2D eigenvalue weighted by Crippen LogP contribution is -2.15. The van der Waals surface area contributed by atoms with E-state index in [4.69, 9.17) is 9.47 Å². The summed E-state index contributed by atoms with van der Waals surface area (Å²) in [6.45, 7) is 7.81. The van der Waals surface area contributed by atoms with E-state index in [-0.39, 0.29) is 17.6 Å². The van der Waals surface area contributed by atoms with E-state index in [1.807, 2.05) is 36.6 Å². The number of ether oxygens (including phenoxy) is 2. The number of thioether (sulfide) groups is 1. The third-order valence-electron chi connectivity index (χ3n) is 5.14. The monoisotopic (exact) mass is 443 g/mol. The van der Waals surface area contributed by atoms with Gasteiger partial charge in [0.05, 0.1) is 31.6 Å². The first-order chi connectivity index (χ1) is 15.0. The first kappa shape index (κ1) is 23.2. The van der Waals surface area contributed by atoms with Gasteiger partial charge in [0.25, 0.3) is 0 Å². The van der Waals surface area contributed by atoms with Gasteiger partial charge in [0.2, 0.25) is 0 Å². The molecule has 0 aliphatic carbocycles. The van der Waals surface area contributed by atoms with Crippen LogP contribution in [0.2, 0.25) is 0 Å². The molecule has 3 aromatic heterocycles. The van der Waals surface area contributed by atoms with Crippen LogP contribution in [-0.4, -0.2) is 63.3 Å². The van der Waals surface area contributed by atoms with Crippen molar-refractivity contribution in [3.8, 4) is 11.4 Å². The molecule has 1 unspecified atom stereocenters. The summed E-state index contributed by atoms with van der Waals surface area (Å²) in [5.74, 6) is 1.09. The molecule has 0 fully saturated rings. The average molecular weight is 444 g/mol. The number of methoxy groups -OCH3 is 2. The smallest absolute Gasteiger partial charge is 0.192 e. The van der Waals surface area contributed by atoms with Crippen LogP contribution < -0.4 is 0 Å². The van der Waals surface area contributed by atoms with Crippen molar-refractivity contribution in [3.05, 3.63) is 47.5 Å². The van der Waals surface area contributed by atoms with Crippen molar-refractivity contribution < 1.29 is 14.3 Å². The number of rotatable bonds is 11. The second-order valence-corrected chi connectivity index (χ2v) is 8.30. The maximum Gasteiger partial charge on any atom is 0.192 e. The van der Waals surface area contributed by atoms with Gasteiger partial charge in [0, 0.05) is 49.1 Å². The molecule has 0 bridgehead atoms. The van der Waals surface area contributed by atoms with E-state index in [2.05, 4.69) is 26.7 Å². The Balaban J connectivity index is 1.79. The van der Waals surface area contributed by atoms with Crippen LogP contribution >= 0.6 is 11.8 Å². The van der Waals surface area contributed by atoms with E-state index in [9.17, 15) is 4.79 Å². The van der Waals surface area contributed by atoms with E-state index in [0.717, 1.165) is 28.3 Å². The summed E-state index contributed by atoms with van der Waals surface area (Å²) >= 11 is 1.39. The number of aryl methyl sites for hydroxylation is 1. The molecule has 3 heterocycles. The zero-order chi connectivity index (χ0) is 22.4. The quantitative estimate of drug-likeness (QED) is 0.331. The van der Waals surface area contributed by atoms with Crippen molar-refractivity contribution in [1.29, 1.82) is 0 Å². The molecule has 0 spiro atoms. The minimum atomic E-state index is 0.0701. The fraction of sp³-hybridized carbons (Fsp3) is 0.455. The van der Waals surface area contributed by atoms with Gasteiger partial charge < -0.3 is 14.0 Å². The molecule has 0 amide bonds. The first-order valence-electron chi connectivity index (χ1n) is 10.1.